The van der Waals surface area contributed by atoms with Crippen LogP contribution in [-0.4, -0.2) is 11.1 Å². The second kappa shape index (κ2) is 3.91. The first-order valence-corrected chi connectivity index (χ1v) is 3.55. The van der Waals surface area contributed by atoms with Gasteiger partial charge in [0.25, 0.3) is 0 Å². The summed E-state index contributed by atoms with van der Waals surface area (Å²) < 4.78 is 10.7. The summed E-state index contributed by atoms with van der Waals surface area (Å²) in [6.45, 7) is 0. The number of carboxylic acids is 1. The highest BCUT2D eigenvalue weighted by Crippen LogP contribution is 1.91. The molecule has 0 saturated carbocycles. The zero-order chi connectivity index (χ0) is 5.70. The molecule has 0 rings (SSSR count). The molecule has 0 aliphatic carbocycles. The second-order valence-electron chi connectivity index (χ2n) is 0.720. The van der Waals surface area contributed by atoms with Crippen LogP contribution in [0.15, 0.2) is 10.2 Å². The average molecular weight is 214 g/mol. The van der Waals surface area contributed by atoms with E-state index in [1.54, 1.807) is 0 Å². The van der Waals surface area contributed by atoms with E-state index in [9.17, 15) is 7.86 Å². The summed E-state index contributed by atoms with van der Waals surface area (Å²) in [5, 5.41) is 7.84. The van der Waals surface area contributed by atoms with Gasteiger partial charge in [0, 0.05) is 10.2 Å². The predicted octanol–water partition coefficient (Wildman–Crippen LogP) is 0.901. The molecule has 0 aliphatic rings. The normalized spacial score (nSPS) is 9.71. The Labute approximate surface area is 50.7 Å². The molecule has 0 fully saturated rings. The molecule has 0 aliphatic heterocycles. The van der Waals surface area contributed by atoms with Crippen molar-refractivity contribution in [2.45, 2.75) is 0 Å². The highest BCUT2D eigenvalue weighted by Gasteiger charge is 1.80. The number of carbonyl (C=O) groups is 1. The monoisotopic (exact) mass is 214 g/mol. The van der Waals surface area contributed by atoms with Crippen LogP contribution in [0.1, 0.15) is 0 Å². The van der Waals surface area contributed by atoms with Crippen molar-refractivity contribution in [2.75, 3.05) is 0 Å². The summed E-state index contributed by atoms with van der Waals surface area (Å²) in [5.74, 6) is -1.05. The van der Waals surface area contributed by atoms with E-state index in [1.165, 1.54) is 0 Å². The molecule has 0 spiro atoms. The summed E-state index contributed by atoms with van der Waals surface area (Å²) >= 11 is -1.24. The molecule has 0 aromatic rings. The van der Waals surface area contributed by atoms with Crippen molar-refractivity contribution in [1.82, 2.24) is 0 Å². The lowest BCUT2D eigenvalue weighted by Crippen LogP contribution is -1.83. The minimum Gasteiger partial charge on any atom is -0.478 e. The van der Waals surface area contributed by atoms with E-state index < -0.39 is 27.2 Å². The molecule has 4 heteroatoms. The zero-order valence-electron chi connectivity index (χ0n) is 3.30. The standard InChI is InChI=1S/C3H3IO3/c5-3(6)1-2-4-7/h1-2H,(H,5,6). The van der Waals surface area contributed by atoms with Gasteiger partial charge in [-0.05, 0) is 0 Å². The van der Waals surface area contributed by atoms with Gasteiger partial charge in [0.15, 0.2) is 21.2 Å². The largest absolute Gasteiger partial charge is 0.478 e. The van der Waals surface area contributed by atoms with Crippen molar-refractivity contribution in [3.8, 4) is 0 Å². The first-order valence-electron chi connectivity index (χ1n) is 1.42. The van der Waals surface area contributed by atoms with E-state index in [1.807, 2.05) is 0 Å². The summed E-state index contributed by atoms with van der Waals surface area (Å²) in [4.78, 5) is 9.55. The Hall–Kier alpha value is -0.260. The van der Waals surface area contributed by atoms with Crippen LogP contribution < -0.4 is 0 Å². The quantitative estimate of drug-likeness (QED) is 0.548. The number of halogens is 1. The Morgan fingerprint density at radius 1 is 1.71 bits per heavy atom. The van der Waals surface area contributed by atoms with Gasteiger partial charge in [-0.2, -0.15) is 0 Å². The van der Waals surface area contributed by atoms with Gasteiger partial charge >= 0.3 is 5.97 Å². The fourth-order valence-corrected chi connectivity index (χ4v) is 0.534. The molecule has 0 amide bonds. The molecule has 0 atom stereocenters. The number of rotatable bonds is 2. The van der Waals surface area contributed by atoms with Crippen LogP contribution in [0.25, 0.3) is 0 Å². The molecular formula is C3H3IO3. The Kier molecular flexibility index (Phi) is 3.77. The molecule has 0 radical (unpaired) electrons. The maximum absolute atomic E-state index is 9.59. The lowest BCUT2D eigenvalue weighted by Gasteiger charge is -1.67. The van der Waals surface area contributed by atoms with E-state index in [2.05, 4.69) is 0 Å². The Bertz CT molecular complexity index is 107. The van der Waals surface area contributed by atoms with Crippen LogP contribution in [0.4, 0.5) is 0 Å². The van der Waals surface area contributed by atoms with Gasteiger partial charge in [-0.15, -0.1) is 0 Å². The van der Waals surface area contributed by atoms with Gasteiger partial charge < -0.3 is 5.11 Å². The van der Waals surface area contributed by atoms with Gasteiger partial charge in [-0.1, -0.05) is 0 Å². The van der Waals surface area contributed by atoms with E-state index in [0.29, 0.717) is 0 Å². The lowest BCUT2D eigenvalue weighted by molar-refractivity contribution is -0.131. The number of hydrogen-bond donors (Lipinski definition) is 1. The maximum atomic E-state index is 9.59. The van der Waals surface area contributed by atoms with Crippen LogP contribution in [0.5, 0.6) is 0 Å². The van der Waals surface area contributed by atoms with Crippen LogP contribution >= 0.6 is 21.2 Å². The van der Waals surface area contributed by atoms with Gasteiger partial charge in [0.1, 0.15) is 0 Å². The number of carboxylic acid groups (broad SMARTS) is 1. The third-order valence-electron chi connectivity index (χ3n) is 0.257. The van der Waals surface area contributed by atoms with E-state index in [-0.39, 0.29) is 0 Å². The van der Waals surface area contributed by atoms with Gasteiger partial charge in [-0.25, -0.2) is 4.79 Å². The number of aliphatic carboxylic acids is 1. The minimum atomic E-state index is -1.24. The predicted molar refractivity (Wildman–Crippen MR) is 31.5 cm³/mol. The SMILES string of the molecule is O=IC=CC(=O)O. The van der Waals surface area contributed by atoms with Gasteiger partial charge in [-0.3, -0.25) is 3.07 Å². The van der Waals surface area contributed by atoms with Crippen molar-refractivity contribution in [2.24, 2.45) is 0 Å². The second-order valence-corrected chi connectivity index (χ2v) is 1.95. The van der Waals surface area contributed by atoms with Crippen LogP contribution in [0.2, 0.25) is 0 Å². The molecular weight excluding hydrogens is 211 g/mol. The molecule has 0 unspecified atom stereocenters. The van der Waals surface area contributed by atoms with Crippen LogP contribution in [0, 0.1) is 0 Å². The minimum absolute atomic E-state index is 0.875. The molecule has 1 N–H and O–H groups in total. The van der Waals surface area contributed by atoms with Gasteiger partial charge in [0.05, 0.1) is 0 Å². The Morgan fingerprint density at radius 2 is 2.29 bits per heavy atom. The number of hydrogen-bond acceptors (Lipinski definition) is 2. The summed E-state index contributed by atoms with van der Waals surface area (Å²) in [6.07, 6.45) is 0.875. The molecule has 40 valence electrons. The zero-order valence-corrected chi connectivity index (χ0v) is 5.45. The summed E-state index contributed by atoms with van der Waals surface area (Å²) in [6, 6.07) is 0. The van der Waals surface area contributed by atoms with Crippen molar-refractivity contribution in [3.63, 3.8) is 0 Å². The first-order chi connectivity index (χ1) is 3.27. The van der Waals surface area contributed by atoms with Crippen molar-refractivity contribution >= 4 is 27.2 Å². The highest BCUT2D eigenvalue weighted by molar-refractivity contribution is 14.2. The van der Waals surface area contributed by atoms with E-state index >= 15 is 0 Å². The van der Waals surface area contributed by atoms with Crippen molar-refractivity contribution in [1.29, 1.82) is 0 Å². The topological polar surface area (TPSA) is 54.4 Å². The lowest BCUT2D eigenvalue weighted by atomic mass is 10.7. The smallest absolute Gasteiger partial charge is 0.328 e. The molecule has 0 heterocycles. The third kappa shape index (κ3) is 5.74. The first kappa shape index (κ1) is 6.74. The summed E-state index contributed by atoms with van der Waals surface area (Å²) in [5.41, 5.74) is 0. The fraction of sp³-hybridized carbons (Fsp3) is 0. The molecule has 0 aromatic carbocycles. The summed E-state index contributed by atoms with van der Waals surface area (Å²) in [7, 11) is 0. The van der Waals surface area contributed by atoms with E-state index in [4.69, 9.17) is 5.11 Å². The third-order valence-corrected chi connectivity index (χ3v) is 0.910. The average Bonchev–Trinajstić information content (AvgIpc) is 1.61. The molecule has 7 heavy (non-hydrogen) atoms. The molecule has 0 aromatic heterocycles. The van der Waals surface area contributed by atoms with Crippen molar-refractivity contribution < 1.29 is 13.0 Å². The highest BCUT2D eigenvalue weighted by atomic mass is 127. The molecule has 3 nitrogen and oxygen atoms in total. The van der Waals surface area contributed by atoms with E-state index in [0.717, 1.165) is 10.2 Å². The van der Waals surface area contributed by atoms with Crippen LogP contribution in [-0.2, 0) is 7.86 Å². The molecule has 0 bridgehead atoms. The Morgan fingerprint density at radius 3 is 2.43 bits per heavy atom. The molecule has 0 saturated heterocycles. The maximum Gasteiger partial charge on any atom is 0.328 e. The Balaban J connectivity index is 3.46. The van der Waals surface area contributed by atoms with Crippen molar-refractivity contribution in [3.05, 3.63) is 10.2 Å². The fourth-order valence-electron chi connectivity index (χ4n) is 0.0796. The van der Waals surface area contributed by atoms with Gasteiger partial charge in [0.2, 0.25) is 0 Å². The van der Waals surface area contributed by atoms with Crippen LogP contribution in [0.3, 0.4) is 0 Å².